The highest BCUT2D eigenvalue weighted by Crippen LogP contribution is 2.20. The van der Waals surface area contributed by atoms with Crippen LogP contribution in [0.2, 0.25) is 0 Å². The van der Waals surface area contributed by atoms with Gasteiger partial charge in [0, 0.05) is 31.6 Å². The van der Waals surface area contributed by atoms with Crippen molar-refractivity contribution in [1.29, 1.82) is 0 Å². The number of rotatable bonds is 4. The fourth-order valence-corrected chi connectivity index (χ4v) is 3.99. The zero-order valence-electron chi connectivity index (χ0n) is 14.8. The summed E-state index contributed by atoms with van der Waals surface area (Å²) in [7, 11) is 0. The van der Waals surface area contributed by atoms with Crippen LogP contribution in [0, 0.1) is 12.8 Å². The average Bonchev–Trinajstić information content (AvgIpc) is 2.99. The third-order valence-corrected chi connectivity index (χ3v) is 5.66. The normalized spacial score (nSPS) is 24.5. The monoisotopic (exact) mass is 351 g/mol. The molecule has 1 aromatic heterocycles. The molecule has 2 fully saturated rings. The number of nitrogens with zero attached hydrogens (tertiary/aromatic N) is 4. The molecule has 1 atom stereocenters. The average molecular weight is 352 g/mol. The Balaban J connectivity index is 1.41. The van der Waals surface area contributed by atoms with Crippen LogP contribution in [0.3, 0.4) is 0 Å². The Labute approximate surface area is 148 Å². The number of piperidine rings is 1. The van der Waals surface area contributed by atoms with Crippen molar-refractivity contribution < 1.29 is 4.74 Å². The maximum absolute atomic E-state index is 6.16. The number of nitrogens with two attached hydrogens (primary N) is 1. The molecule has 2 N–H and O–H groups in total. The molecule has 24 heavy (non-hydrogen) atoms. The van der Waals surface area contributed by atoms with E-state index in [9.17, 15) is 0 Å². The van der Waals surface area contributed by atoms with E-state index in [0.717, 1.165) is 50.9 Å². The molecule has 0 bridgehead atoms. The summed E-state index contributed by atoms with van der Waals surface area (Å²) < 4.78 is 5.55. The lowest BCUT2D eigenvalue weighted by atomic mass is 9.97. The number of hydrogen-bond donors (Lipinski definition) is 1. The van der Waals surface area contributed by atoms with E-state index < -0.39 is 0 Å². The number of likely N-dealkylation sites (tertiary alicyclic amines) is 1. The molecule has 2 aliphatic rings. The summed E-state index contributed by atoms with van der Waals surface area (Å²) >= 11 is 1.74. The lowest BCUT2D eigenvalue weighted by molar-refractivity contribution is 0.00525. The van der Waals surface area contributed by atoms with Crippen molar-refractivity contribution in [3.05, 3.63) is 16.1 Å². The molecular weight excluding hydrogens is 322 g/mol. The molecule has 6 nitrogen and oxygen atoms in total. The van der Waals surface area contributed by atoms with Crippen LogP contribution in [0.4, 0.5) is 0 Å². The summed E-state index contributed by atoms with van der Waals surface area (Å²) in [4.78, 5) is 13.9. The van der Waals surface area contributed by atoms with Gasteiger partial charge in [0.05, 0.1) is 23.4 Å². The number of guanidine groups is 1. The maximum Gasteiger partial charge on any atom is 0.191 e. The number of ether oxygens (including phenoxy) is 1. The highest BCUT2D eigenvalue weighted by atomic mass is 32.1. The minimum atomic E-state index is 0.241. The first kappa shape index (κ1) is 17.6. The highest BCUT2D eigenvalue weighted by Gasteiger charge is 2.21. The van der Waals surface area contributed by atoms with Gasteiger partial charge >= 0.3 is 0 Å². The second kappa shape index (κ2) is 8.27. The van der Waals surface area contributed by atoms with Gasteiger partial charge < -0.3 is 15.4 Å². The number of morpholine rings is 1. The Morgan fingerprint density at radius 1 is 1.42 bits per heavy atom. The third kappa shape index (κ3) is 4.91. The summed E-state index contributed by atoms with van der Waals surface area (Å²) in [6, 6.07) is 0. The SMILES string of the molecule is Cc1nc(CN2CCC(CN=C(N)N3CCOC(C)C3)CC2)cs1. The van der Waals surface area contributed by atoms with Crippen LogP contribution in [0.15, 0.2) is 10.4 Å². The van der Waals surface area contributed by atoms with E-state index in [0.29, 0.717) is 11.9 Å². The van der Waals surface area contributed by atoms with Crippen molar-refractivity contribution in [2.24, 2.45) is 16.6 Å². The number of aromatic nitrogens is 1. The van der Waals surface area contributed by atoms with Gasteiger partial charge in [-0.3, -0.25) is 9.89 Å². The van der Waals surface area contributed by atoms with Crippen LogP contribution in [0.1, 0.15) is 30.5 Å². The molecule has 0 aromatic carbocycles. The van der Waals surface area contributed by atoms with Crippen molar-refractivity contribution in [2.75, 3.05) is 39.3 Å². The number of thiazole rings is 1. The van der Waals surface area contributed by atoms with E-state index in [2.05, 4.69) is 39.0 Å². The second-order valence-corrected chi connectivity index (χ2v) is 7.97. The maximum atomic E-state index is 6.16. The molecule has 3 heterocycles. The van der Waals surface area contributed by atoms with Gasteiger partial charge in [0.1, 0.15) is 0 Å². The van der Waals surface area contributed by atoms with E-state index in [4.69, 9.17) is 10.5 Å². The Morgan fingerprint density at radius 2 is 2.21 bits per heavy atom. The molecule has 0 saturated carbocycles. The lowest BCUT2D eigenvalue weighted by Gasteiger charge is -2.33. The van der Waals surface area contributed by atoms with Crippen LogP contribution in [-0.4, -0.2) is 66.2 Å². The lowest BCUT2D eigenvalue weighted by Crippen LogP contribution is -2.48. The molecule has 3 rings (SSSR count). The highest BCUT2D eigenvalue weighted by molar-refractivity contribution is 7.09. The quantitative estimate of drug-likeness (QED) is 0.661. The van der Waals surface area contributed by atoms with E-state index in [1.807, 2.05) is 0 Å². The van der Waals surface area contributed by atoms with Crippen molar-refractivity contribution in [3.8, 4) is 0 Å². The van der Waals surface area contributed by atoms with E-state index >= 15 is 0 Å². The van der Waals surface area contributed by atoms with E-state index in [1.54, 1.807) is 11.3 Å². The number of hydrogen-bond acceptors (Lipinski definition) is 5. The van der Waals surface area contributed by atoms with Crippen LogP contribution in [0.25, 0.3) is 0 Å². The molecule has 7 heteroatoms. The zero-order valence-corrected chi connectivity index (χ0v) is 15.6. The van der Waals surface area contributed by atoms with Crippen LogP contribution < -0.4 is 5.73 Å². The van der Waals surface area contributed by atoms with E-state index in [-0.39, 0.29) is 6.10 Å². The van der Waals surface area contributed by atoms with E-state index in [1.165, 1.54) is 18.5 Å². The minimum absolute atomic E-state index is 0.241. The predicted molar refractivity (Wildman–Crippen MR) is 98.3 cm³/mol. The molecule has 134 valence electrons. The van der Waals surface area contributed by atoms with Gasteiger partial charge in [0.2, 0.25) is 0 Å². The Hall–Kier alpha value is -1.18. The molecule has 0 spiro atoms. The molecule has 0 radical (unpaired) electrons. The molecule has 1 aromatic rings. The third-order valence-electron chi connectivity index (χ3n) is 4.84. The first-order valence-corrected chi connectivity index (χ1v) is 9.78. The number of aliphatic imine (C=N–C) groups is 1. The summed E-state index contributed by atoms with van der Waals surface area (Å²) in [6.45, 7) is 10.7. The van der Waals surface area contributed by atoms with Gasteiger partial charge in [-0.2, -0.15) is 0 Å². The van der Waals surface area contributed by atoms with Crippen LogP contribution in [-0.2, 0) is 11.3 Å². The largest absolute Gasteiger partial charge is 0.375 e. The molecule has 0 aliphatic carbocycles. The fourth-order valence-electron chi connectivity index (χ4n) is 3.39. The molecule has 1 unspecified atom stereocenters. The topological polar surface area (TPSA) is 67.0 Å². The van der Waals surface area contributed by atoms with Gasteiger partial charge in [0.25, 0.3) is 0 Å². The first-order valence-electron chi connectivity index (χ1n) is 8.90. The fraction of sp³-hybridized carbons (Fsp3) is 0.765. The standard InChI is InChI=1S/C17H29N5OS/c1-13-10-22(7-8-23-13)17(18)19-9-15-3-5-21(6-4-15)11-16-12-24-14(2)20-16/h12-13,15H,3-11H2,1-2H3,(H2,18,19). The van der Waals surface area contributed by atoms with Gasteiger partial charge in [-0.1, -0.05) is 0 Å². The first-order chi connectivity index (χ1) is 11.6. The van der Waals surface area contributed by atoms with Gasteiger partial charge in [-0.15, -0.1) is 11.3 Å². The van der Waals surface area contributed by atoms with Crippen molar-refractivity contribution in [2.45, 2.75) is 39.3 Å². The van der Waals surface area contributed by atoms with Crippen LogP contribution in [0.5, 0.6) is 0 Å². The van der Waals surface area contributed by atoms with Crippen molar-refractivity contribution in [3.63, 3.8) is 0 Å². The number of aryl methyl sites for hydroxylation is 1. The summed E-state index contributed by atoms with van der Waals surface area (Å²) in [5, 5.41) is 3.33. The Kier molecular flexibility index (Phi) is 6.08. The Morgan fingerprint density at radius 3 is 2.88 bits per heavy atom. The van der Waals surface area contributed by atoms with Crippen LogP contribution >= 0.6 is 11.3 Å². The van der Waals surface area contributed by atoms with Gasteiger partial charge in [-0.05, 0) is 45.7 Å². The minimum Gasteiger partial charge on any atom is -0.375 e. The molecular formula is C17H29N5OS. The Bertz CT molecular complexity index is 553. The summed E-state index contributed by atoms with van der Waals surface area (Å²) in [6.07, 6.45) is 2.63. The van der Waals surface area contributed by atoms with Gasteiger partial charge in [-0.25, -0.2) is 4.98 Å². The zero-order chi connectivity index (χ0) is 16.9. The van der Waals surface area contributed by atoms with Crippen molar-refractivity contribution >= 4 is 17.3 Å². The van der Waals surface area contributed by atoms with Gasteiger partial charge in [0.15, 0.2) is 5.96 Å². The summed E-state index contributed by atoms with van der Waals surface area (Å²) in [5.74, 6) is 1.33. The smallest absolute Gasteiger partial charge is 0.191 e. The molecule has 2 aliphatic heterocycles. The summed E-state index contributed by atoms with van der Waals surface area (Å²) in [5.41, 5.74) is 7.37. The molecule has 2 saturated heterocycles. The predicted octanol–water partition coefficient (Wildman–Crippen LogP) is 1.70. The molecule has 0 amide bonds. The van der Waals surface area contributed by atoms with Crippen molar-refractivity contribution in [1.82, 2.24) is 14.8 Å². The second-order valence-electron chi connectivity index (χ2n) is 6.90.